The molecule has 0 aliphatic rings. The first-order valence-corrected chi connectivity index (χ1v) is 4.98. The lowest BCUT2D eigenvalue weighted by Gasteiger charge is -1.98. The molecule has 0 atom stereocenters. The molecule has 0 fully saturated rings. The van der Waals surface area contributed by atoms with Gasteiger partial charge in [-0.25, -0.2) is 0 Å². The van der Waals surface area contributed by atoms with Gasteiger partial charge < -0.3 is 0 Å². The molecular formula is C9H12Cl2N2. The van der Waals surface area contributed by atoms with Crippen LogP contribution in [0.25, 0.3) is 0 Å². The third-order valence-corrected chi connectivity index (χ3v) is 2.55. The molecule has 0 unspecified atom stereocenters. The minimum Gasteiger partial charge on any atom is -0.264 e. The van der Waals surface area contributed by atoms with Gasteiger partial charge in [0.05, 0.1) is 23.0 Å². The molecule has 4 heteroatoms. The second-order valence-corrected chi connectivity index (χ2v) is 3.48. The van der Waals surface area contributed by atoms with Crippen molar-refractivity contribution in [2.45, 2.75) is 20.4 Å². The number of allylic oxidation sites excluding steroid dienone is 2. The Bertz CT molecular complexity index is 316. The Morgan fingerprint density at radius 3 is 2.54 bits per heavy atom. The third-order valence-electron chi connectivity index (χ3n) is 1.83. The minimum atomic E-state index is 0.535. The summed E-state index contributed by atoms with van der Waals surface area (Å²) in [5, 5.41) is 5.02. The second kappa shape index (κ2) is 4.68. The van der Waals surface area contributed by atoms with Gasteiger partial charge in [-0.1, -0.05) is 23.8 Å². The highest BCUT2D eigenvalue weighted by Gasteiger charge is 2.06. The highest BCUT2D eigenvalue weighted by atomic mass is 35.5. The molecule has 1 heterocycles. The maximum Gasteiger partial charge on any atom is 0.0844 e. The van der Waals surface area contributed by atoms with E-state index in [-0.39, 0.29) is 0 Å². The van der Waals surface area contributed by atoms with E-state index in [0.717, 1.165) is 23.0 Å². The van der Waals surface area contributed by atoms with Gasteiger partial charge in [0.15, 0.2) is 0 Å². The average molecular weight is 219 g/mol. The molecule has 13 heavy (non-hydrogen) atoms. The van der Waals surface area contributed by atoms with Crippen LogP contribution in [0.4, 0.5) is 0 Å². The van der Waals surface area contributed by atoms with E-state index in [2.05, 4.69) is 5.10 Å². The van der Waals surface area contributed by atoms with Gasteiger partial charge in [-0.15, -0.1) is 11.6 Å². The lowest BCUT2D eigenvalue weighted by molar-refractivity contribution is 0.672. The van der Waals surface area contributed by atoms with E-state index in [9.17, 15) is 0 Å². The first-order valence-electron chi connectivity index (χ1n) is 4.07. The van der Waals surface area contributed by atoms with E-state index in [1.807, 2.05) is 30.7 Å². The fourth-order valence-electron chi connectivity index (χ4n) is 1.09. The molecule has 0 aliphatic heterocycles. The molecular weight excluding hydrogens is 207 g/mol. The van der Waals surface area contributed by atoms with Crippen molar-refractivity contribution in [1.82, 2.24) is 9.78 Å². The quantitative estimate of drug-likeness (QED) is 0.564. The third kappa shape index (κ3) is 2.48. The summed E-state index contributed by atoms with van der Waals surface area (Å²) in [7, 11) is 0. The van der Waals surface area contributed by atoms with Gasteiger partial charge in [-0.2, -0.15) is 5.10 Å². The van der Waals surface area contributed by atoms with Crippen LogP contribution in [0.1, 0.15) is 11.4 Å². The number of alkyl halides is 1. The molecule has 0 aromatic carbocycles. The molecule has 2 nitrogen and oxygen atoms in total. The fourth-order valence-corrected chi connectivity index (χ4v) is 1.35. The first-order chi connectivity index (χ1) is 6.16. The van der Waals surface area contributed by atoms with Crippen LogP contribution in [-0.2, 0) is 6.54 Å². The Balaban J connectivity index is 2.78. The SMILES string of the molecule is Cc1nn(CC=CCCl)c(C)c1Cl. The zero-order chi connectivity index (χ0) is 9.84. The van der Waals surface area contributed by atoms with Crippen LogP contribution < -0.4 is 0 Å². The summed E-state index contributed by atoms with van der Waals surface area (Å²) < 4.78 is 1.86. The number of hydrogen-bond donors (Lipinski definition) is 0. The zero-order valence-electron chi connectivity index (χ0n) is 7.72. The summed E-state index contributed by atoms with van der Waals surface area (Å²) in [6, 6.07) is 0. The monoisotopic (exact) mass is 218 g/mol. The minimum absolute atomic E-state index is 0.535. The van der Waals surface area contributed by atoms with E-state index < -0.39 is 0 Å². The van der Waals surface area contributed by atoms with Crippen LogP contribution in [0.5, 0.6) is 0 Å². The smallest absolute Gasteiger partial charge is 0.0844 e. The maximum absolute atomic E-state index is 5.98. The number of halogens is 2. The van der Waals surface area contributed by atoms with Gasteiger partial charge in [0.1, 0.15) is 0 Å². The van der Waals surface area contributed by atoms with Gasteiger partial charge in [0, 0.05) is 5.88 Å². The van der Waals surface area contributed by atoms with Crippen molar-refractivity contribution in [1.29, 1.82) is 0 Å². The molecule has 1 aromatic heterocycles. The van der Waals surface area contributed by atoms with Crippen molar-refractivity contribution in [2.24, 2.45) is 0 Å². The number of hydrogen-bond acceptors (Lipinski definition) is 1. The lowest BCUT2D eigenvalue weighted by atomic mass is 10.4. The highest BCUT2D eigenvalue weighted by molar-refractivity contribution is 6.31. The van der Waals surface area contributed by atoms with Gasteiger partial charge >= 0.3 is 0 Å². The molecule has 0 saturated carbocycles. The summed E-state index contributed by atoms with van der Waals surface area (Å²) in [6.45, 7) is 4.58. The van der Waals surface area contributed by atoms with Crippen LogP contribution in [0.2, 0.25) is 5.02 Å². The molecule has 0 amide bonds. The van der Waals surface area contributed by atoms with E-state index in [4.69, 9.17) is 23.2 Å². The van der Waals surface area contributed by atoms with Gasteiger partial charge in [0.2, 0.25) is 0 Å². The molecule has 0 saturated heterocycles. The van der Waals surface area contributed by atoms with Crippen molar-refractivity contribution in [2.75, 3.05) is 5.88 Å². The summed E-state index contributed by atoms with van der Waals surface area (Å²) >= 11 is 11.5. The van der Waals surface area contributed by atoms with E-state index >= 15 is 0 Å². The number of aromatic nitrogens is 2. The zero-order valence-corrected chi connectivity index (χ0v) is 9.23. The topological polar surface area (TPSA) is 17.8 Å². The predicted octanol–water partition coefficient (Wildman–Crippen LogP) is 2.95. The van der Waals surface area contributed by atoms with E-state index in [1.54, 1.807) is 0 Å². The van der Waals surface area contributed by atoms with E-state index in [0.29, 0.717) is 5.88 Å². The standard InChI is InChI=1S/C9H12Cl2N2/c1-7-9(11)8(2)13(12-7)6-4-3-5-10/h3-4H,5-6H2,1-2H3. The molecule has 1 aromatic rings. The highest BCUT2D eigenvalue weighted by Crippen LogP contribution is 2.18. The van der Waals surface area contributed by atoms with Gasteiger partial charge in [0.25, 0.3) is 0 Å². The summed E-state index contributed by atoms with van der Waals surface area (Å²) in [5.41, 5.74) is 1.87. The van der Waals surface area contributed by atoms with Crippen LogP contribution in [-0.4, -0.2) is 15.7 Å². The summed E-state index contributed by atoms with van der Waals surface area (Å²) in [5.74, 6) is 0.535. The Morgan fingerprint density at radius 1 is 1.38 bits per heavy atom. The van der Waals surface area contributed by atoms with Crippen molar-refractivity contribution in [3.63, 3.8) is 0 Å². The Labute approximate surface area is 88.1 Å². The largest absolute Gasteiger partial charge is 0.264 e. The Morgan fingerprint density at radius 2 is 2.08 bits per heavy atom. The number of rotatable bonds is 3. The van der Waals surface area contributed by atoms with Crippen LogP contribution in [0, 0.1) is 13.8 Å². The second-order valence-electron chi connectivity index (χ2n) is 2.79. The molecule has 1 rings (SSSR count). The average Bonchev–Trinajstić information content (AvgIpc) is 2.34. The maximum atomic E-state index is 5.98. The first kappa shape index (κ1) is 10.6. The number of nitrogens with zero attached hydrogens (tertiary/aromatic N) is 2. The lowest BCUT2D eigenvalue weighted by Crippen LogP contribution is -1.99. The van der Waals surface area contributed by atoms with Gasteiger partial charge in [-0.05, 0) is 13.8 Å². The molecule has 0 bridgehead atoms. The predicted molar refractivity (Wildman–Crippen MR) is 56.6 cm³/mol. The molecule has 0 radical (unpaired) electrons. The van der Waals surface area contributed by atoms with Crippen LogP contribution in [0.15, 0.2) is 12.2 Å². The Hall–Kier alpha value is -0.470. The molecule has 0 aliphatic carbocycles. The summed E-state index contributed by atoms with van der Waals surface area (Å²) in [4.78, 5) is 0. The van der Waals surface area contributed by atoms with E-state index in [1.165, 1.54) is 0 Å². The van der Waals surface area contributed by atoms with Crippen molar-refractivity contribution < 1.29 is 0 Å². The van der Waals surface area contributed by atoms with Crippen molar-refractivity contribution in [3.8, 4) is 0 Å². The summed E-state index contributed by atoms with van der Waals surface area (Å²) in [6.07, 6.45) is 3.87. The van der Waals surface area contributed by atoms with Gasteiger partial charge in [-0.3, -0.25) is 4.68 Å². The Kier molecular flexibility index (Phi) is 3.82. The fraction of sp³-hybridized carbons (Fsp3) is 0.444. The number of aryl methyl sites for hydroxylation is 1. The van der Waals surface area contributed by atoms with Crippen LogP contribution in [0.3, 0.4) is 0 Å². The molecule has 72 valence electrons. The molecule has 0 spiro atoms. The van der Waals surface area contributed by atoms with Crippen LogP contribution >= 0.6 is 23.2 Å². The normalized spacial score (nSPS) is 11.4. The molecule has 0 N–H and O–H groups in total. The van der Waals surface area contributed by atoms with Crippen molar-refractivity contribution >= 4 is 23.2 Å². The van der Waals surface area contributed by atoms with Crippen molar-refractivity contribution in [3.05, 3.63) is 28.6 Å².